The molecule has 0 aromatic carbocycles. The third kappa shape index (κ3) is 2.90. The lowest BCUT2D eigenvalue weighted by Crippen LogP contribution is -2.19. The molecule has 5 nitrogen and oxygen atoms in total. The van der Waals surface area contributed by atoms with Crippen molar-refractivity contribution in [2.75, 3.05) is 7.11 Å². The van der Waals surface area contributed by atoms with Crippen molar-refractivity contribution < 1.29 is 9.26 Å². The van der Waals surface area contributed by atoms with Gasteiger partial charge in [0.2, 0.25) is 11.7 Å². The largest absolute Gasteiger partial charge is 0.373 e. The minimum atomic E-state index is -0.171. The second-order valence-electron chi connectivity index (χ2n) is 5.06. The van der Waals surface area contributed by atoms with Gasteiger partial charge in [-0.3, -0.25) is 0 Å². The molecule has 1 saturated carbocycles. The van der Waals surface area contributed by atoms with Crippen LogP contribution in [-0.2, 0) is 4.74 Å². The van der Waals surface area contributed by atoms with Crippen LogP contribution in [0.15, 0.2) is 4.52 Å². The lowest BCUT2D eigenvalue weighted by atomic mass is 9.85. The van der Waals surface area contributed by atoms with Crippen molar-refractivity contribution in [3.63, 3.8) is 0 Å². The van der Waals surface area contributed by atoms with Gasteiger partial charge in [0.05, 0.1) is 6.04 Å². The summed E-state index contributed by atoms with van der Waals surface area (Å²) in [5.74, 6) is 1.68. The van der Waals surface area contributed by atoms with Crippen LogP contribution in [0, 0.1) is 5.92 Å². The highest BCUT2D eigenvalue weighted by Gasteiger charge is 2.29. The van der Waals surface area contributed by atoms with Crippen LogP contribution in [0.1, 0.15) is 69.3 Å². The predicted octanol–water partition coefficient (Wildman–Crippen LogP) is 2.75. The maximum absolute atomic E-state index is 5.89. The summed E-state index contributed by atoms with van der Waals surface area (Å²) in [7, 11) is 1.72. The Balaban J connectivity index is 2.09. The van der Waals surface area contributed by atoms with Gasteiger partial charge in [0.25, 0.3) is 0 Å². The Bertz CT molecular complexity index is 361. The average molecular weight is 253 g/mol. The van der Waals surface area contributed by atoms with Crippen LogP contribution < -0.4 is 5.73 Å². The fourth-order valence-corrected chi connectivity index (χ4v) is 2.63. The summed E-state index contributed by atoms with van der Waals surface area (Å²) >= 11 is 0. The summed E-state index contributed by atoms with van der Waals surface area (Å²) in [6.07, 6.45) is 6.97. The van der Waals surface area contributed by atoms with E-state index in [0.29, 0.717) is 17.6 Å². The Morgan fingerprint density at radius 1 is 1.39 bits per heavy atom. The molecule has 5 heteroatoms. The molecule has 1 aliphatic carbocycles. The van der Waals surface area contributed by atoms with E-state index in [9.17, 15) is 0 Å². The molecule has 0 aliphatic heterocycles. The summed E-state index contributed by atoms with van der Waals surface area (Å²) in [6, 6.07) is -0.171. The minimum absolute atomic E-state index is 0.0492. The van der Waals surface area contributed by atoms with Crippen LogP contribution in [0.2, 0.25) is 0 Å². The monoisotopic (exact) mass is 253 g/mol. The molecule has 0 amide bonds. The fourth-order valence-electron chi connectivity index (χ4n) is 2.63. The van der Waals surface area contributed by atoms with Crippen LogP contribution in [-0.4, -0.2) is 17.3 Å². The SMILES string of the molecule is CCC(N)c1nc(C(OC)C2CCCCC2)no1. The zero-order chi connectivity index (χ0) is 13.0. The molecular formula is C13H23N3O2. The molecule has 1 heterocycles. The first-order chi connectivity index (χ1) is 8.76. The molecule has 2 unspecified atom stereocenters. The number of nitrogens with zero attached hydrogens (tertiary/aromatic N) is 2. The molecule has 0 bridgehead atoms. The molecular weight excluding hydrogens is 230 g/mol. The van der Waals surface area contributed by atoms with E-state index < -0.39 is 0 Å². The van der Waals surface area contributed by atoms with Gasteiger partial charge in [-0.05, 0) is 25.2 Å². The number of methoxy groups -OCH3 is 1. The van der Waals surface area contributed by atoms with Gasteiger partial charge in [-0.1, -0.05) is 31.3 Å². The minimum Gasteiger partial charge on any atom is -0.373 e. The summed E-state index contributed by atoms with van der Waals surface area (Å²) in [5.41, 5.74) is 5.89. The number of hydrogen-bond donors (Lipinski definition) is 1. The molecule has 102 valence electrons. The van der Waals surface area contributed by atoms with Gasteiger partial charge >= 0.3 is 0 Å². The van der Waals surface area contributed by atoms with E-state index in [1.807, 2.05) is 6.92 Å². The van der Waals surface area contributed by atoms with E-state index in [1.165, 1.54) is 32.1 Å². The summed E-state index contributed by atoms with van der Waals surface area (Å²) in [6.45, 7) is 2.00. The van der Waals surface area contributed by atoms with E-state index in [2.05, 4.69) is 10.1 Å². The predicted molar refractivity (Wildman–Crippen MR) is 67.8 cm³/mol. The molecule has 1 fully saturated rings. The molecule has 2 rings (SSSR count). The maximum atomic E-state index is 5.89. The molecule has 1 aromatic rings. The summed E-state index contributed by atoms with van der Waals surface area (Å²) in [4.78, 5) is 4.40. The normalized spacial score (nSPS) is 20.8. The topological polar surface area (TPSA) is 74.2 Å². The molecule has 0 radical (unpaired) electrons. The zero-order valence-electron chi connectivity index (χ0n) is 11.3. The van der Waals surface area contributed by atoms with Crippen LogP contribution in [0.4, 0.5) is 0 Å². The molecule has 18 heavy (non-hydrogen) atoms. The van der Waals surface area contributed by atoms with Crippen LogP contribution >= 0.6 is 0 Å². The van der Waals surface area contributed by atoms with Gasteiger partial charge in [-0.2, -0.15) is 4.98 Å². The number of hydrogen-bond acceptors (Lipinski definition) is 5. The Morgan fingerprint density at radius 3 is 2.72 bits per heavy atom. The van der Waals surface area contributed by atoms with Gasteiger partial charge in [0.15, 0.2) is 0 Å². The highest BCUT2D eigenvalue weighted by molar-refractivity contribution is 4.97. The lowest BCUT2D eigenvalue weighted by Gasteiger charge is -2.26. The van der Waals surface area contributed by atoms with Gasteiger partial charge < -0.3 is 15.0 Å². The Labute approximate surface area is 108 Å². The maximum Gasteiger partial charge on any atom is 0.243 e. The van der Waals surface area contributed by atoms with E-state index in [0.717, 1.165) is 6.42 Å². The zero-order valence-corrected chi connectivity index (χ0v) is 11.3. The summed E-state index contributed by atoms with van der Waals surface area (Å²) in [5, 5.41) is 4.04. The first-order valence-electron chi connectivity index (χ1n) is 6.88. The van der Waals surface area contributed by atoms with Crippen molar-refractivity contribution in [3.8, 4) is 0 Å². The average Bonchev–Trinajstić information content (AvgIpc) is 2.89. The lowest BCUT2D eigenvalue weighted by molar-refractivity contribution is 0.0273. The first-order valence-corrected chi connectivity index (χ1v) is 6.88. The molecule has 1 aliphatic rings. The van der Waals surface area contributed by atoms with E-state index in [1.54, 1.807) is 7.11 Å². The fraction of sp³-hybridized carbons (Fsp3) is 0.846. The quantitative estimate of drug-likeness (QED) is 0.873. The van der Waals surface area contributed by atoms with Gasteiger partial charge in [0, 0.05) is 7.11 Å². The highest BCUT2D eigenvalue weighted by atomic mass is 16.5. The van der Waals surface area contributed by atoms with E-state index in [-0.39, 0.29) is 12.1 Å². The third-order valence-corrected chi connectivity index (χ3v) is 3.80. The van der Waals surface area contributed by atoms with E-state index >= 15 is 0 Å². The molecule has 2 atom stereocenters. The van der Waals surface area contributed by atoms with Crippen molar-refractivity contribution in [2.45, 2.75) is 57.6 Å². The number of ether oxygens (including phenoxy) is 1. The Kier molecular flexibility index (Phi) is 4.72. The smallest absolute Gasteiger partial charge is 0.243 e. The molecule has 0 saturated heterocycles. The molecule has 0 spiro atoms. The van der Waals surface area contributed by atoms with Crippen molar-refractivity contribution in [1.29, 1.82) is 0 Å². The van der Waals surface area contributed by atoms with Crippen molar-refractivity contribution in [3.05, 3.63) is 11.7 Å². The molecule has 1 aromatic heterocycles. The number of nitrogens with two attached hydrogens (primary N) is 1. The van der Waals surface area contributed by atoms with Crippen LogP contribution in [0.5, 0.6) is 0 Å². The number of aromatic nitrogens is 2. The van der Waals surface area contributed by atoms with Gasteiger partial charge in [0.1, 0.15) is 6.10 Å². The molecule has 2 N–H and O–H groups in total. The third-order valence-electron chi connectivity index (χ3n) is 3.80. The van der Waals surface area contributed by atoms with Crippen LogP contribution in [0.3, 0.4) is 0 Å². The van der Waals surface area contributed by atoms with Crippen LogP contribution in [0.25, 0.3) is 0 Å². The van der Waals surface area contributed by atoms with Gasteiger partial charge in [-0.15, -0.1) is 0 Å². The standard InChI is InChI=1S/C13H23N3O2/c1-3-10(14)13-15-12(16-18-13)11(17-2)9-7-5-4-6-8-9/h9-11H,3-8,14H2,1-2H3. The van der Waals surface area contributed by atoms with Gasteiger partial charge in [-0.25, -0.2) is 0 Å². The number of rotatable bonds is 5. The Morgan fingerprint density at radius 2 is 2.11 bits per heavy atom. The second-order valence-corrected chi connectivity index (χ2v) is 5.06. The second kappa shape index (κ2) is 6.29. The highest BCUT2D eigenvalue weighted by Crippen LogP contribution is 2.35. The summed E-state index contributed by atoms with van der Waals surface area (Å²) < 4.78 is 10.8. The first kappa shape index (κ1) is 13.5. The van der Waals surface area contributed by atoms with E-state index in [4.69, 9.17) is 15.0 Å². The Hall–Kier alpha value is -0.940. The van der Waals surface area contributed by atoms with Crippen molar-refractivity contribution in [2.24, 2.45) is 11.7 Å². The van der Waals surface area contributed by atoms with Crippen molar-refractivity contribution in [1.82, 2.24) is 10.1 Å². The van der Waals surface area contributed by atoms with Crippen molar-refractivity contribution >= 4 is 0 Å².